The van der Waals surface area contributed by atoms with Gasteiger partial charge in [-0.25, -0.2) is 4.79 Å². The van der Waals surface area contributed by atoms with Crippen LogP contribution in [0.3, 0.4) is 0 Å². The first-order valence-corrected chi connectivity index (χ1v) is 11.2. The molecular weight excluding hydrogens is 465 g/mol. The van der Waals surface area contributed by atoms with Crippen LogP contribution < -0.4 is 5.32 Å². The molecule has 0 saturated carbocycles. The number of fused-ring (bicyclic) bond motifs is 3. The van der Waals surface area contributed by atoms with Crippen molar-refractivity contribution >= 4 is 18.0 Å². The molecule has 0 radical (unpaired) electrons. The lowest BCUT2D eigenvalue weighted by Crippen LogP contribution is -2.53. The van der Waals surface area contributed by atoms with Crippen LogP contribution >= 0.6 is 0 Å². The number of carbonyl (C=O) groups excluding carboxylic acids is 2. The summed E-state index contributed by atoms with van der Waals surface area (Å²) in [5.74, 6) is -2.51. The first-order chi connectivity index (χ1) is 16.5. The number of hydrogen-bond donors (Lipinski definition) is 2. The minimum Gasteiger partial charge on any atom is -0.481 e. The summed E-state index contributed by atoms with van der Waals surface area (Å²) in [6.07, 6.45) is -7.95. The largest absolute Gasteiger partial charge is 0.481 e. The highest BCUT2D eigenvalue weighted by atomic mass is 19.4. The van der Waals surface area contributed by atoms with Crippen LogP contribution in [-0.4, -0.2) is 59.4 Å². The van der Waals surface area contributed by atoms with Crippen molar-refractivity contribution in [3.63, 3.8) is 0 Å². The first kappa shape index (κ1) is 26.1. The zero-order valence-electron chi connectivity index (χ0n) is 19.3. The van der Waals surface area contributed by atoms with Crippen molar-refractivity contribution in [3.8, 4) is 11.1 Å². The van der Waals surface area contributed by atoms with E-state index in [4.69, 9.17) is 9.84 Å². The van der Waals surface area contributed by atoms with Crippen LogP contribution in [0.15, 0.2) is 48.5 Å². The molecule has 2 aromatic carbocycles. The lowest BCUT2D eigenvalue weighted by molar-refractivity contribution is -0.156. The summed E-state index contributed by atoms with van der Waals surface area (Å²) in [5.41, 5.74) is 3.86. The van der Waals surface area contributed by atoms with Gasteiger partial charge in [-0.3, -0.25) is 9.59 Å². The van der Waals surface area contributed by atoms with Crippen LogP contribution in [0.25, 0.3) is 11.1 Å². The van der Waals surface area contributed by atoms with Crippen LogP contribution in [0, 0.1) is 0 Å². The van der Waals surface area contributed by atoms with Gasteiger partial charge in [0, 0.05) is 18.5 Å². The van der Waals surface area contributed by atoms with Crippen molar-refractivity contribution in [1.82, 2.24) is 10.2 Å². The second-order valence-corrected chi connectivity index (χ2v) is 8.41. The number of benzene rings is 2. The highest BCUT2D eigenvalue weighted by Crippen LogP contribution is 2.44. The molecule has 2 unspecified atom stereocenters. The van der Waals surface area contributed by atoms with Crippen molar-refractivity contribution in [3.05, 3.63) is 59.7 Å². The van der Waals surface area contributed by atoms with E-state index in [0.717, 1.165) is 27.2 Å². The Labute approximate surface area is 200 Å². The summed E-state index contributed by atoms with van der Waals surface area (Å²) in [6.45, 7) is 2.80. The molecule has 0 fully saturated rings. The molecule has 0 spiro atoms. The minimum absolute atomic E-state index is 0.0198. The number of ether oxygens (including phenoxy) is 1. The normalized spacial score (nSPS) is 14.4. The van der Waals surface area contributed by atoms with Crippen molar-refractivity contribution in [2.45, 2.75) is 50.9 Å². The Bertz CT molecular complexity index is 1040. The predicted octanol–water partition coefficient (Wildman–Crippen LogP) is 4.56. The van der Waals surface area contributed by atoms with Gasteiger partial charge >= 0.3 is 18.2 Å². The molecule has 1 aliphatic carbocycles. The quantitative estimate of drug-likeness (QED) is 0.535. The lowest BCUT2D eigenvalue weighted by Gasteiger charge is -2.31. The van der Waals surface area contributed by atoms with E-state index in [-0.39, 0.29) is 19.1 Å². The summed E-state index contributed by atoms with van der Waals surface area (Å²) < 4.78 is 44.9. The van der Waals surface area contributed by atoms with Crippen molar-refractivity contribution in [2.24, 2.45) is 0 Å². The first-order valence-electron chi connectivity index (χ1n) is 11.2. The Morgan fingerprint density at radius 2 is 1.60 bits per heavy atom. The van der Waals surface area contributed by atoms with E-state index < -0.39 is 49.1 Å². The van der Waals surface area contributed by atoms with Crippen molar-refractivity contribution in [1.29, 1.82) is 0 Å². The number of amides is 2. The zero-order valence-corrected chi connectivity index (χ0v) is 19.3. The number of aliphatic carboxylic acids is 1. The molecule has 2 atom stereocenters. The van der Waals surface area contributed by atoms with Gasteiger partial charge in [-0.05, 0) is 36.1 Å². The number of carbonyl (C=O) groups is 3. The van der Waals surface area contributed by atoms with E-state index in [1.54, 1.807) is 0 Å². The Kier molecular flexibility index (Phi) is 8.03. The van der Waals surface area contributed by atoms with E-state index >= 15 is 0 Å². The Balaban J connectivity index is 1.73. The predicted molar refractivity (Wildman–Crippen MR) is 122 cm³/mol. The van der Waals surface area contributed by atoms with Crippen LogP contribution in [0.4, 0.5) is 18.0 Å². The lowest BCUT2D eigenvalue weighted by atomic mass is 9.98. The molecule has 10 heteroatoms. The molecule has 0 aliphatic heterocycles. The number of nitrogens with one attached hydrogen (secondary N) is 1. The van der Waals surface area contributed by atoms with E-state index in [1.165, 1.54) is 13.8 Å². The highest BCUT2D eigenvalue weighted by molar-refractivity contribution is 5.86. The van der Waals surface area contributed by atoms with Gasteiger partial charge in [-0.15, -0.1) is 0 Å². The molecule has 7 nitrogen and oxygen atoms in total. The van der Waals surface area contributed by atoms with Crippen LogP contribution in [-0.2, 0) is 14.3 Å². The fraction of sp³-hybridized carbons (Fsp3) is 0.400. The Morgan fingerprint density at radius 3 is 2.09 bits per heavy atom. The number of alkyl halides is 3. The summed E-state index contributed by atoms with van der Waals surface area (Å²) in [5, 5.41) is 11.0. The molecule has 35 heavy (non-hydrogen) atoms. The third-order valence-corrected chi connectivity index (χ3v) is 6.00. The van der Waals surface area contributed by atoms with Gasteiger partial charge in [0.15, 0.2) is 0 Å². The molecule has 188 valence electrons. The van der Waals surface area contributed by atoms with Gasteiger partial charge in [0.2, 0.25) is 5.91 Å². The van der Waals surface area contributed by atoms with Gasteiger partial charge in [0.1, 0.15) is 12.6 Å². The minimum atomic E-state index is -4.74. The van der Waals surface area contributed by atoms with E-state index in [2.05, 4.69) is 0 Å². The number of nitrogens with zero attached hydrogens (tertiary/aromatic N) is 1. The Morgan fingerprint density at radius 1 is 1.06 bits per heavy atom. The van der Waals surface area contributed by atoms with Crippen LogP contribution in [0.2, 0.25) is 0 Å². The fourth-order valence-corrected chi connectivity index (χ4v) is 4.46. The van der Waals surface area contributed by atoms with E-state index in [1.807, 2.05) is 53.8 Å². The van der Waals surface area contributed by atoms with Crippen LogP contribution in [0.5, 0.6) is 0 Å². The fourth-order valence-electron chi connectivity index (χ4n) is 4.46. The average molecular weight is 492 g/mol. The van der Waals surface area contributed by atoms with Crippen molar-refractivity contribution in [2.75, 3.05) is 13.2 Å². The molecule has 0 aromatic heterocycles. The summed E-state index contributed by atoms with van der Waals surface area (Å²) >= 11 is 0. The zero-order chi connectivity index (χ0) is 25.8. The molecule has 3 rings (SSSR count). The molecule has 0 saturated heterocycles. The second kappa shape index (κ2) is 10.8. The topological polar surface area (TPSA) is 95.9 Å². The van der Waals surface area contributed by atoms with Crippen molar-refractivity contribution < 1.29 is 37.4 Å². The molecule has 2 N–H and O–H groups in total. The number of rotatable bonds is 9. The van der Waals surface area contributed by atoms with E-state index in [0.29, 0.717) is 0 Å². The number of halogens is 3. The number of alkyl carbamates (subject to hydrolysis) is 1. The number of carboxylic acids is 1. The number of likely N-dealkylation sites (N-methyl/N-ethyl adjacent to an activating group) is 1. The average Bonchev–Trinajstić information content (AvgIpc) is 3.10. The standard InChI is InChI=1S/C25H27F3N2O5/c1-3-30(15(2)12-22(31)32)23(33)21(13-25(26,27)28)29-24(34)35-14-20-18-10-6-4-8-16(18)17-9-5-7-11-19(17)20/h4-11,15,20-21H,3,12-14H2,1-2H3,(H,29,34)(H,31,32). The van der Waals surface area contributed by atoms with E-state index in [9.17, 15) is 27.6 Å². The van der Waals surface area contributed by atoms with Gasteiger partial charge in [0.25, 0.3) is 0 Å². The maximum atomic E-state index is 13.2. The molecule has 1 aliphatic rings. The maximum Gasteiger partial charge on any atom is 0.407 e. The smallest absolute Gasteiger partial charge is 0.407 e. The second-order valence-electron chi connectivity index (χ2n) is 8.41. The van der Waals surface area contributed by atoms with Gasteiger partial charge in [-0.2, -0.15) is 13.2 Å². The van der Waals surface area contributed by atoms with Crippen LogP contribution in [0.1, 0.15) is 43.7 Å². The number of carboxylic acid groups (broad SMARTS) is 1. The van der Waals surface area contributed by atoms with Gasteiger partial charge in [-0.1, -0.05) is 48.5 Å². The summed E-state index contributed by atoms with van der Waals surface area (Å²) in [7, 11) is 0. The maximum absolute atomic E-state index is 13.2. The van der Waals surface area contributed by atoms with Gasteiger partial charge < -0.3 is 20.1 Å². The number of hydrogen-bond acceptors (Lipinski definition) is 4. The molecular formula is C25H27F3N2O5. The molecule has 0 heterocycles. The third kappa shape index (κ3) is 6.32. The molecule has 2 amide bonds. The van der Waals surface area contributed by atoms with Gasteiger partial charge in [0.05, 0.1) is 12.8 Å². The molecule has 0 bridgehead atoms. The monoisotopic (exact) mass is 492 g/mol. The summed E-state index contributed by atoms with van der Waals surface area (Å²) in [6, 6.07) is 12.4. The SMILES string of the molecule is CCN(C(=O)C(CC(F)(F)F)NC(=O)OCC1c2ccccc2-c2ccccc21)C(C)CC(=O)O. The third-order valence-electron chi connectivity index (χ3n) is 6.00. The molecule has 2 aromatic rings. The summed E-state index contributed by atoms with van der Waals surface area (Å²) in [4.78, 5) is 37.4. The Hall–Kier alpha value is -3.56. The highest BCUT2D eigenvalue weighted by Gasteiger charge is 2.39.